The van der Waals surface area contributed by atoms with Gasteiger partial charge in [-0.3, -0.25) is 10.1 Å². The maximum absolute atomic E-state index is 11.8. The van der Waals surface area contributed by atoms with Gasteiger partial charge in [0, 0.05) is 11.6 Å². The van der Waals surface area contributed by atoms with Crippen molar-refractivity contribution in [3.8, 4) is 11.5 Å². The summed E-state index contributed by atoms with van der Waals surface area (Å²) in [5.74, 6) is -0.899. The number of ether oxygens (including phenoxy) is 1. The standard InChI is InChI=1S/C17H13N3O4S/c21-14(10-23-15(22)7-6-12-8-9-25-11-12)18-17-20-19-16(24-17)13-4-2-1-3-5-13/h1-9,11H,10H2,(H,18,20,21)/b7-6+. The molecule has 0 saturated heterocycles. The lowest BCUT2D eigenvalue weighted by Crippen LogP contribution is -2.20. The molecule has 2 heterocycles. The molecule has 1 amide bonds. The van der Waals surface area contributed by atoms with Gasteiger partial charge in [0.15, 0.2) is 6.61 Å². The molecule has 7 nitrogen and oxygen atoms in total. The predicted octanol–water partition coefficient (Wildman–Crippen LogP) is 2.99. The van der Waals surface area contributed by atoms with Crippen LogP contribution in [-0.4, -0.2) is 28.7 Å². The van der Waals surface area contributed by atoms with Crippen molar-refractivity contribution in [3.05, 3.63) is 58.8 Å². The second-order valence-corrected chi connectivity index (χ2v) is 5.60. The Morgan fingerprint density at radius 3 is 2.80 bits per heavy atom. The van der Waals surface area contributed by atoms with Gasteiger partial charge in [-0.1, -0.05) is 23.3 Å². The zero-order valence-corrected chi connectivity index (χ0v) is 13.7. The molecular formula is C17H13N3O4S. The second-order valence-electron chi connectivity index (χ2n) is 4.82. The number of anilines is 1. The summed E-state index contributed by atoms with van der Waals surface area (Å²) in [4.78, 5) is 23.3. The maximum atomic E-state index is 11.8. The van der Waals surface area contributed by atoms with E-state index in [1.54, 1.807) is 18.2 Å². The first kappa shape index (κ1) is 16.6. The topological polar surface area (TPSA) is 94.3 Å². The Hall–Kier alpha value is -3.26. The van der Waals surface area contributed by atoms with E-state index in [-0.39, 0.29) is 11.9 Å². The van der Waals surface area contributed by atoms with Gasteiger partial charge in [-0.2, -0.15) is 11.3 Å². The minimum absolute atomic E-state index is 0.0614. The lowest BCUT2D eigenvalue weighted by molar-refractivity contribution is -0.142. The Balaban J connectivity index is 1.48. The van der Waals surface area contributed by atoms with Crippen molar-refractivity contribution in [1.29, 1.82) is 0 Å². The summed E-state index contributed by atoms with van der Waals surface area (Å²) >= 11 is 1.52. The molecule has 0 radical (unpaired) electrons. The summed E-state index contributed by atoms with van der Waals surface area (Å²) in [5, 5.41) is 13.7. The second kappa shape index (κ2) is 8.02. The smallest absolute Gasteiger partial charge is 0.331 e. The van der Waals surface area contributed by atoms with Crippen LogP contribution in [-0.2, 0) is 14.3 Å². The fourth-order valence-corrected chi connectivity index (χ4v) is 2.47. The minimum atomic E-state index is -0.614. The molecule has 3 aromatic rings. The number of esters is 1. The third-order valence-electron chi connectivity index (χ3n) is 2.99. The van der Waals surface area contributed by atoms with Crippen LogP contribution in [0.25, 0.3) is 17.5 Å². The van der Waals surface area contributed by atoms with Crippen molar-refractivity contribution < 1.29 is 18.7 Å². The molecule has 1 aromatic carbocycles. The molecule has 0 aliphatic carbocycles. The van der Waals surface area contributed by atoms with Crippen LogP contribution in [0.4, 0.5) is 6.01 Å². The molecule has 0 spiro atoms. The maximum Gasteiger partial charge on any atom is 0.331 e. The van der Waals surface area contributed by atoms with Crippen molar-refractivity contribution in [1.82, 2.24) is 10.2 Å². The van der Waals surface area contributed by atoms with Gasteiger partial charge in [0.2, 0.25) is 5.89 Å². The Morgan fingerprint density at radius 2 is 2.04 bits per heavy atom. The first-order chi connectivity index (χ1) is 12.2. The average Bonchev–Trinajstić information content (AvgIpc) is 3.31. The zero-order valence-electron chi connectivity index (χ0n) is 12.9. The van der Waals surface area contributed by atoms with Crippen molar-refractivity contribution in [3.63, 3.8) is 0 Å². The van der Waals surface area contributed by atoms with Crippen LogP contribution in [0.1, 0.15) is 5.56 Å². The van der Waals surface area contributed by atoms with E-state index >= 15 is 0 Å². The van der Waals surface area contributed by atoms with Gasteiger partial charge < -0.3 is 9.15 Å². The number of nitrogens with one attached hydrogen (secondary N) is 1. The van der Waals surface area contributed by atoms with Gasteiger partial charge in [-0.25, -0.2) is 4.79 Å². The molecule has 0 bridgehead atoms. The van der Waals surface area contributed by atoms with E-state index in [2.05, 4.69) is 15.5 Å². The molecule has 2 aromatic heterocycles. The van der Waals surface area contributed by atoms with Crippen LogP contribution < -0.4 is 5.32 Å². The Kier molecular flexibility index (Phi) is 5.32. The number of nitrogens with zero attached hydrogens (tertiary/aromatic N) is 2. The fraction of sp³-hybridized carbons (Fsp3) is 0.0588. The van der Waals surface area contributed by atoms with E-state index in [1.807, 2.05) is 35.0 Å². The van der Waals surface area contributed by atoms with Crippen LogP contribution in [0.2, 0.25) is 0 Å². The summed E-state index contributed by atoms with van der Waals surface area (Å²) in [6.07, 6.45) is 2.87. The number of hydrogen-bond donors (Lipinski definition) is 1. The molecular weight excluding hydrogens is 342 g/mol. The SMILES string of the molecule is O=C(COC(=O)/C=C/c1ccsc1)Nc1nnc(-c2ccccc2)o1. The molecule has 8 heteroatoms. The van der Waals surface area contributed by atoms with E-state index in [4.69, 9.17) is 9.15 Å². The third kappa shape index (κ3) is 4.85. The molecule has 25 heavy (non-hydrogen) atoms. The lowest BCUT2D eigenvalue weighted by Gasteiger charge is -2.01. The van der Waals surface area contributed by atoms with Crippen LogP contribution in [0.15, 0.2) is 57.7 Å². The number of aromatic nitrogens is 2. The number of benzene rings is 1. The first-order valence-electron chi connectivity index (χ1n) is 7.26. The fourth-order valence-electron chi connectivity index (χ4n) is 1.85. The Bertz CT molecular complexity index is 872. The van der Waals surface area contributed by atoms with Crippen LogP contribution in [0, 0.1) is 0 Å². The largest absolute Gasteiger partial charge is 0.452 e. The first-order valence-corrected chi connectivity index (χ1v) is 8.21. The van der Waals surface area contributed by atoms with Gasteiger partial charge in [0.25, 0.3) is 5.91 Å². The lowest BCUT2D eigenvalue weighted by atomic mass is 10.2. The number of thiophene rings is 1. The molecule has 1 N–H and O–H groups in total. The predicted molar refractivity (Wildman–Crippen MR) is 92.7 cm³/mol. The van der Waals surface area contributed by atoms with Crippen LogP contribution in [0.5, 0.6) is 0 Å². The summed E-state index contributed by atoms with van der Waals surface area (Å²) in [7, 11) is 0. The van der Waals surface area contributed by atoms with E-state index in [0.717, 1.165) is 11.1 Å². The van der Waals surface area contributed by atoms with Gasteiger partial charge in [-0.15, -0.1) is 5.10 Å². The highest BCUT2D eigenvalue weighted by Gasteiger charge is 2.12. The Labute approximate surface area is 147 Å². The number of rotatable bonds is 6. The summed E-state index contributed by atoms with van der Waals surface area (Å²) in [6, 6.07) is 10.9. The normalized spacial score (nSPS) is 10.7. The van der Waals surface area contributed by atoms with E-state index in [0.29, 0.717) is 0 Å². The summed E-state index contributed by atoms with van der Waals surface area (Å²) < 4.78 is 10.2. The molecule has 3 rings (SSSR count). The summed E-state index contributed by atoms with van der Waals surface area (Å²) in [6.45, 7) is -0.449. The van der Waals surface area contributed by atoms with Crippen molar-refractivity contribution >= 4 is 35.3 Å². The molecule has 0 fully saturated rings. The highest BCUT2D eigenvalue weighted by atomic mass is 32.1. The van der Waals surface area contributed by atoms with Gasteiger partial charge >= 0.3 is 12.0 Å². The van der Waals surface area contributed by atoms with Crippen molar-refractivity contribution in [2.45, 2.75) is 0 Å². The van der Waals surface area contributed by atoms with E-state index in [9.17, 15) is 9.59 Å². The molecule has 0 aliphatic heterocycles. The molecule has 0 unspecified atom stereocenters. The zero-order chi connectivity index (χ0) is 17.5. The van der Waals surface area contributed by atoms with Crippen LogP contribution >= 0.6 is 11.3 Å². The molecule has 0 aliphatic rings. The molecule has 126 valence electrons. The number of carbonyl (C=O) groups is 2. The van der Waals surface area contributed by atoms with Gasteiger partial charge in [-0.05, 0) is 40.6 Å². The van der Waals surface area contributed by atoms with Crippen LogP contribution in [0.3, 0.4) is 0 Å². The summed E-state index contributed by atoms with van der Waals surface area (Å²) in [5.41, 5.74) is 1.63. The number of amides is 1. The van der Waals surface area contributed by atoms with Crippen molar-refractivity contribution in [2.75, 3.05) is 11.9 Å². The minimum Gasteiger partial charge on any atom is -0.452 e. The van der Waals surface area contributed by atoms with E-state index in [1.165, 1.54) is 17.4 Å². The molecule has 0 atom stereocenters. The monoisotopic (exact) mass is 355 g/mol. The highest BCUT2D eigenvalue weighted by Crippen LogP contribution is 2.18. The third-order valence-corrected chi connectivity index (χ3v) is 3.69. The Morgan fingerprint density at radius 1 is 1.20 bits per heavy atom. The van der Waals surface area contributed by atoms with Gasteiger partial charge in [0.1, 0.15) is 0 Å². The number of carbonyl (C=O) groups excluding carboxylic acids is 2. The average molecular weight is 355 g/mol. The number of hydrogen-bond acceptors (Lipinski definition) is 7. The molecule has 0 saturated carbocycles. The highest BCUT2D eigenvalue weighted by molar-refractivity contribution is 7.08. The van der Waals surface area contributed by atoms with Crippen molar-refractivity contribution in [2.24, 2.45) is 0 Å². The van der Waals surface area contributed by atoms with E-state index < -0.39 is 18.5 Å². The quantitative estimate of drug-likeness (QED) is 0.539. The van der Waals surface area contributed by atoms with Gasteiger partial charge in [0.05, 0.1) is 0 Å².